The van der Waals surface area contributed by atoms with Gasteiger partial charge in [-0.1, -0.05) is 0 Å². The van der Waals surface area contributed by atoms with Gasteiger partial charge < -0.3 is 0 Å². The van der Waals surface area contributed by atoms with Crippen LogP contribution in [0, 0.1) is 0 Å². The molecule has 0 aromatic rings. The molecule has 0 aliphatic rings. The van der Waals surface area contributed by atoms with Crippen LogP contribution in [0.2, 0.25) is 0 Å². The van der Waals surface area contributed by atoms with Gasteiger partial charge >= 0.3 is 0 Å². The maximum absolute atomic E-state index is 12.2. The molecule has 0 saturated heterocycles. The number of rotatable bonds is 8. The smallest absolute Gasteiger partial charge is 0.212 e. The Morgan fingerprint density at radius 3 is 0.938 bits per heavy atom. The predicted octanol–water partition coefficient (Wildman–Crippen LogP) is 7.19. The summed E-state index contributed by atoms with van der Waals surface area (Å²) < 4.78 is -2.67. The fourth-order valence-corrected chi connectivity index (χ4v) is 9.37. The van der Waals surface area contributed by atoms with Gasteiger partial charge in [0, 0.05) is 0 Å². The minimum absolute atomic E-state index is 0.486. The average Bonchev–Trinajstić information content (AvgIpc) is 2.35. The second-order valence-electron chi connectivity index (χ2n) is 1.90. The highest BCUT2D eigenvalue weighted by molar-refractivity contribution is 8.55. The zero-order valence-corrected chi connectivity index (χ0v) is 16.1. The van der Waals surface area contributed by atoms with Gasteiger partial charge in [-0.3, -0.25) is 4.79 Å². The largest absolute Gasteiger partial charge is 0.292 e. The van der Waals surface area contributed by atoms with Crippen LogP contribution < -0.4 is 0 Å². The minimum Gasteiger partial charge on any atom is -0.292 e. The lowest BCUT2D eigenvalue weighted by molar-refractivity contribution is -0.116. The first kappa shape index (κ1) is 19.5. The van der Waals surface area contributed by atoms with Gasteiger partial charge in [0.1, 0.15) is 0 Å². The summed E-state index contributed by atoms with van der Waals surface area (Å²) in [6.07, 6.45) is 0. The third-order valence-corrected chi connectivity index (χ3v) is 14.0. The van der Waals surface area contributed by atoms with Crippen molar-refractivity contribution in [3.05, 3.63) is 0 Å². The summed E-state index contributed by atoms with van der Waals surface area (Å²) >= 11 is 0. The highest BCUT2D eigenvalue weighted by Crippen LogP contribution is 2.62. The number of hydrogen-bond donors (Lipinski definition) is 0. The number of carbonyl (C=O) groups excluding carboxylic acids is 1. The first-order valence-electron chi connectivity index (χ1n) is 2.85. The Bertz CT molecular complexity index is 194. The highest BCUT2D eigenvalue weighted by Gasteiger charge is 2.54. The molecule has 13 heteroatoms. The molecule has 0 aliphatic heterocycles. The molecule has 0 spiro atoms. The van der Waals surface area contributed by atoms with E-state index >= 15 is 0 Å². The Hall–Kier alpha value is 3.51. The minimum atomic E-state index is -1.34. The second kappa shape index (κ2) is 9.45. The van der Waals surface area contributed by atoms with Crippen molar-refractivity contribution >= 4 is 136 Å². The molecule has 96 valence electrons. The molecule has 0 atom stereocenters. The molecule has 0 N–H and O–H groups in total. The standard InChI is InChI=1S/C3Cl6OS6/c4-11-2(12-5,13-6)1(10)3(14-7,15-8)16-9. The van der Waals surface area contributed by atoms with Crippen LogP contribution >= 0.6 is 130 Å². The molecule has 0 bridgehead atoms. The summed E-state index contributed by atoms with van der Waals surface area (Å²) in [6, 6.07) is 0. The predicted molar refractivity (Wildman–Crippen MR) is 91.1 cm³/mol. The lowest BCUT2D eigenvalue weighted by atomic mass is 10.5. The normalized spacial score (nSPS) is 12.9. The monoisotopic (exact) mass is 454 g/mol. The molecule has 0 radical (unpaired) electrons. The molecule has 0 rings (SSSR count). The van der Waals surface area contributed by atoms with E-state index in [0.717, 1.165) is 0 Å². The van der Waals surface area contributed by atoms with E-state index in [1.807, 2.05) is 0 Å². The van der Waals surface area contributed by atoms with E-state index in [4.69, 9.17) is 64.1 Å². The lowest BCUT2D eigenvalue weighted by Crippen LogP contribution is -2.38. The van der Waals surface area contributed by atoms with Crippen LogP contribution in [-0.2, 0) is 4.79 Å². The van der Waals surface area contributed by atoms with E-state index in [1.54, 1.807) is 0 Å². The molecule has 0 aromatic carbocycles. The van der Waals surface area contributed by atoms with E-state index in [-0.39, 0.29) is 0 Å². The highest BCUT2D eigenvalue weighted by atomic mass is 35.7. The van der Waals surface area contributed by atoms with Gasteiger partial charge in [0.15, 0.2) is 0 Å². The Morgan fingerprint density at radius 2 is 0.812 bits per heavy atom. The summed E-state index contributed by atoms with van der Waals surface area (Å²) in [7, 11) is 37.8. The molecule has 16 heavy (non-hydrogen) atoms. The average molecular weight is 457 g/mol. The molecular formula is C3Cl6OS6. The third kappa shape index (κ3) is 4.25. The van der Waals surface area contributed by atoms with E-state index in [9.17, 15) is 4.79 Å². The second-order valence-corrected chi connectivity index (χ2v) is 10.8. The van der Waals surface area contributed by atoms with Crippen molar-refractivity contribution in [1.29, 1.82) is 0 Å². The van der Waals surface area contributed by atoms with Crippen molar-refractivity contribution in [3.63, 3.8) is 0 Å². The number of carbonyl (C=O) groups is 1. The molecule has 0 aromatic heterocycles. The third-order valence-electron chi connectivity index (χ3n) is 1.17. The summed E-state index contributed by atoms with van der Waals surface area (Å²) in [5.41, 5.74) is 0. The molecule has 0 fully saturated rings. The van der Waals surface area contributed by atoms with Gasteiger partial charge in [0.05, 0.1) is 0 Å². The van der Waals surface area contributed by atoms with Crippen LogP contribution in [0.5, 0.6) is 0 Å². The summed E-state index contributed by atoms with van der Waals surface area (Å²) in [5, 5.41) is 0. The van der Waals surface area contributed by atoms with Crippen molar-refractivity contribution in [1.82, 2.24) is 0 Å². The van der Waals surface area contributed by atoms with Gasteiger partial charge in [0.25, 0.3) is 0 Å². The van der Waals surface area contributed by atoms with Crippen molar-refractivity contribution < 1.29 is 4.79 Å². The van der Waals surface area contributed by atoms with Crippen molar-refractivity contribution in [2.24, 2.45) is 0 Å². The van der Waals surface area contributed by atoms with Crippen LogP contribution in [-0.4, -0.2) is 12.6 Å². The van der Waals surface area contributed by atoms with Crippen molar-refractivity contribution in [2.75, 3.05) is 0 Å². The van der Waals surface area contributed by atoms with E-state index in [0.29, 0.717) is 65.9 Å². The molecule has 0 amide bonds. The number of Topliss-reactive ketones (excluding diaryl/α,β-unsaturated/α-hetero) is 1. The van der Waals surface area contributed by atoms with Gasteiger partial charge in [-0.15, -0.1) is 0 Å². The molecule has 1 nitrogen and oxygen atoms in total. The molecule has 0 heterocycles. The van der Waals surface area contributed by atoms with Crippen LogP contribution in [0.15, 0.2) is 0 Å². The fraction of sp³-hybridized carbons (Fsp3) is 0.667. The van der Waals surface area contributed by atoms with Gasteiger partial charge in [-0.2, -0.15) is 0 Å². The Kier molecular flexibility index (Phi) is 11.5. The van der Waals surface area contributed by atoms with Gasteiger partial charge in [-0.05, 0) is 130 Å². The van der Waals surface area contributed by atoms with Crippen LogP contribution in [0.1, 0.15) is 0 Å². The van der Waals surface area contributed by atoms with Gasteiger partial charge in [0.2, 0.25) is 12.6 Å². The van der Waals surface area contributed by atoms with E-state index < -0.39 is 12.6 Å². The first-order chi connectivity index (χ1) is 7.52. The summed E-state index contributed by atoms with van der Waals surface area (Å²) in [6.45, 7) is 0. The molecule has 0 aliphatic carbocycles. The zero-order valence-electron chi connectivity index (χ0n) is 6.63. The number of hydrogen-bond acceptors (Lipinski definition) is 7. The van der Waals surface area contributed by atoms with Crippen LogP contribution in [0.4, 0.5) is 0 Å². The number of ketones is 1. The molecular weight excluding hydrogens is 457 g/mol. The zero-order chi connectivity index (χ0) is 12.8. The quantitative estimate of drug-likeness (QED) is 0.355. The molecule has 0 unspecified atom stereocenters. The van der Waals surface area contributed by atoms with Crippen LogP contribution in [0.3, 0.4) is 0 Å². The Morgan fingerprint density at radius 1 is 0.625 bits per heavy atom. The first-order valence-corrected chi connectivity index (χ1v) is 12.7. The van der Waals surface area contributed by atoms with Crippen molar-refractivity contribution in [2.45, 2.75) is 6.82 Å². The number of halogens is 6. The SMILES string of the molecule is O=C(C(SCl)(SCl)SCl)C(SCl)(SCl)SCl. The Labute approximate surface area is 145 Å². The van der Waals surface area contributed by atoms with E-state index in [1.165, 1.54) is 0 Å². The lowest BCUT2D eigenvalue weighted by Gasteiger charge is -2.30. The Balaban J connectivity index is 5.26. The fourth-order valence-electron chi connectivity index (χ4n) is 0.469. The summed E-state index contributed by atoms with van der Waals surface area (Å²) in [4.78, 5) is 12.2. The molecule has 0 saturated carbocycles. The van der Waals surface area contributed by atoms with Gasteiger partial charge in [-0.25, -0.2) is 0 Å². The maximum Gasteiger partial charge on any atom is 0.212 e. The maximum atomic E-state index is 12.2. The summed E-state index contributed by atoms with van der Waals surface area (Å²) in [5.74, 6) is -0.486. The topological polar surface area (TPSA) is 17.1 Å². The van der Waals surface area contributed by atoms with Crippen molar-refractivity contribution in [3.8, 4) is 0 Å². The van der Waals surface area contributed by atoms with Crippen LogP contribution in [0.25, 0.3) is 0 Å². The van der Waals surface area contributed by atoms with E-state index in [2.05, 4.69) is 0 Å².